The fourth-order valence-corrected chi connectivity index (χ4v) is 2.75. The molecular weight excluding hydrogens is 298 g/mol. The Hall–Kier alpha value is -1.72. The third-order valence-corrected chi connectivity index (χ3v) is 3.97. The van der Waals surface area contributed by atoms with Crippen molar-refractivity contribution in [2.75, 3.05) is 5.75 Å². The number of carbonyl (C=O) groups is 1. The maximum absolute atomic E-state index is 11.5. The van der Waals surface area contributed by atoms with Gasteiger partial charge in [0.25, 0.3) is 5.56 Å². The number of pyridine rings is 1. The highest BCUT2D eigenvalue weighted by Gasteiger charge is 2.09. The minimum Gasteiger partial charge on any atom is -0.478 e. The van der Waals surface area contributed by atoms with E-state index in [9.17, 15) is 9.59 Å². The smallest absolute Gasteiger partial charge is 0.337 e. The molecule has 1 N–H and O–H groups in total. The molecule has 0 bridgehead atoms. The molecule has 20 heavy (non-hydrogen) atoms. The number of halogens is 1. The molecule has 2 aromatic rings. The van der Waals surface area contributed by atoms with Crippen molar-refractivity contribution in [3.63, 3.8) is 0 Å². The molecule has 0 aliphatic rings. The fraction of sp³-hybridized carbons (Fsp3) is 0.143. The van der Waals surface area contributed by atoms with E-state index < -0.39 is 5.97 Å². The second-order valence-electron chi connectivity index (χ2n) is 4.03. The summed E-state index contributed by atoms with van der Waals surface area (Å²) in [6.45, 7) is 0.565. The average molecular weight is 310 g/mol. The fourth-order valence-electron chi connectivity index (χ4n) is 1.67. The van der Waals surface area contributed by atoms with Crippen molar-refractivity contribution in [1.82, 2.24) is 4.57 Å². The van der Waals surface area contributed by atoms with Gasteiger partial charge in [-0.3, -0.25) is 4.79 Å². The van der Waals surface area contributed by atoms with E-state index in [-0.39, 0.29) is 16.1 Å². The van der Waals surface area contributed by atoms with Gasteiger partial charge in [-0.05, 0) is 24.3 Å². The van der Waals surface area contributed by atoms with Gasteiger partial charge < -0.3 is 9.67 Å². The number of hydrogen-bond donors (Lipinski definition) is 1. The Balaban J connectivity index is 2.01. The molecule has 0 atom stereocenters. The average Bonchev–Trinajstić information content (AvgIpc) is 2.42. The quantitative estimate of drug-likeness (QED) is 0.863. The number of thioether (sulfide) groups is 1. The largest absolute Gasteiger partial charge is 0.478 e. The van der Waals surface area contributed by atoms with Gasteiger partial charge in [-0.25, -0.2) is 4.79 Å². The third kappa shape index (κ3) is 3.65. The van der Waals surface area contributed by atoms with Gasteiger partial charge >= 0.3 is 5.97 Å². The molecule has 0 unspecified atom stereocenters. The molecule has 1 aromatic heterocycles. The Morgan fingerprint density at radius 1 is 1.30 bits per heavy atom. The zero-order valence-corrected chi connectivity index (χ0v) is 12.0. The Labute approximate surface area is 125 Å². The Bertz CT molecular complexity index is 684. The van der Waals surface area contributed by atoms with Gasteiger partial charge in [-0.1, -0.05) is 17.7 Å². The van der Waals surface area contributed by atoms with Crippen LogP contribution in [0.3, 0.4) is 0 Å². The van der Waals surface area contributed by atoms with Gasteiger partial charge in [0.2, 0.25) is 0 Å². The molecule has 1 heterocycles. The highest BCUT2D eigenvalue weighted by atomic mass is 35.5. The predicted octanol–water partition coefficient (Wildman–Crippen LogP) is 2.99. The Morgan fingerprint density at radius 3 is 2.80 bits per heavy atom. The molecule has 6 heteroatoms. The van der Waals surface area contributed by atoms with Gasteiger partial charge in [0.05, 0.1) is 10.6 Å². The first-order valence-electron chi connectivity index (χ1n) is 5.89. The van der Waals surface area contributed by atoms with E-state index in [2.05, 4.69) is 0 Å². The zero-order valence-electron chi connectivity index (χ0n) is 10.5. The summed E-state index contributed by atoms with van der Waals surface area (Å²) in [5.74, 6) is -0.373. The van der Waals surface area contributed by atoms with E-state index in [1.165, 1.54) is 17.8 Å². The third-order valence-electron chi connectivity index (χ3n) is 2.67. The number of aryl methyl sites for hydroxylation is 1. The molecule has 0 aliphatic heterocycles. The first-order valence-corrected chi connectivity index (χ1v) is 7.25. The normalized spacial score (nSPS) is 10.4. The van der Waals surface area contributed by atoms with Crippen molar-refractivity contribution < 1.29 is 9.90 Å². The van der Waals surface area contributed by atoms with Crippen LogP contribution in [0, 0.1) is 0 Å². The van der Waals surface area contributed by atoms with Crippen molar-refractivity contribution >= 4 is 29.3 Å². The minimum atomic E-state index is -1.04. The van der Waals surface area contributed by atoms with E-state index in [0.717, 1.165) is 4.90 Å². The first kappa shape index (κ1) is 14.7. The summed E-state index contributed by atoms with van der Waals surface area (Å²) in [4.78, 5) is 23.3. The molecule has 4 nitrogen and oxygen atoms in total. The van der Waals surface area contributed by atoms with Crippen molar-refractivity contribution in [2.45, 2.75) is 11.4 Å². The van der Waals surface area contributed by atoms with Crippen LogP contribution in [0.2, 0.25) is 5.02 Å². The van der Waals surface area contributed by atoms with E-state index in [1.807, 2.05) is 0 Å². The monoisotopic (exact) mass is 309 g/mol. The molecule has 0 fully saturated rings. The number of carboxylic acids is 1. The van der Waals surface area contributed by atoms with E-state index in [1.54, 1.807) is 41.1 Å². The van der Waals surface area contributed by atoms with Crippen molar-refractivity contribution in [3.8, 4) is 0 Å². The lowest BCUT2D eigenvalue weighted by atomic mass is 10.2. The summed E-state index contributed by atoms with van der Waals surface area (Å²) in [6, 6.07) is 9.90. The summed E-state index contributed by atoms with van der Waals surface area (Å²) in [5.41, 5.74) is 0.0453. The van der Waals surface area contributed by atoms with Gasteiger partial charge in [0.15, 0.2) is 0 Å². The van der Waals surface area contributed by atoms with Crippen molar-refractivity contribution in [2.24, 2.45) is 0 Å². The highest BCUT2D eigenvalue weighted by molar-refractivity contribution is 7.99. The number of benzene rings is 1. The van der Waals surface area contributed by atoms with Gasteiger partial charge in [-0.2, -0.15) is 0 Å². The van der Waals surface area contributed by atoms with Crippen LogP contribution in [0.1, 0.15) is 10.4 Å². The molecule has 0 radical (unpaired) electrons. The van der Waals surface area contributed by atoms with Crippen LogP contribution < -0.4 is 5.56 Å². The SMILES string of the molecule is O=C(O)c1cc(SCCn2ccccc2=O)ccc1Cl. The summed E-state index contributed by atoms with van der Waals surface area (Å²) >= 11 is 7.29. The molecule has 0 amide bonds. The van der Waals surface area contributed by atoms with E-state index >= 15 is 0 Å². The second kappa shape index (κ2) is 6.63. The number of rotatable bonds is 5. The zero-order chi connectivity index (χ0) is 14.5. The molecule has 2 rings (SSSR count). The molecular formula is C14H12ClNO3S. The second-order valence-corrected chi connectivity index (χ2v) is 5.60. The topological polar surface area (TPSA) is 59.3 Å². The van der Waals surface area contributed by atoms with Crippen LogP contribution in [0.25, 0.3) is 0 Å². The van der Waals surface area contributed by atoms with Gasteiger partial charge in [-0.15, -0.1) is 11.8 Å². The van der Waals surface area contributed by atoms with Crippen LogP contribution in [-0.4, -0.2) is 21.4 Å². The highest BCUT2D eigenvalue weighted by Crippen LogP contribution is 2.24. The summed E-state index contributed by atoms with van der Waals surface area (Å²) < 4.78 is 1.61. The van der Waals surface area contributed by atoms with Crippen LogP contribution in [0.4, 0.5) is 0 Å². The molecule has 1 aromatic carbocycles. The first-order chi connectivity index (χ1) is 9.58. The Morgan fingerprint density at radius 2 is 2.10 bits per heavy atom. The van der Waals surface area contributed by atoms with Crippen molar-refractivity contribution in [3.05, 3.63) is 63.5 Å². The molecule has 0 spiro atoms. The lowest BCUT2D eigenvalue weighted by Crippen LogP contribution is -2.18. The van der Waals surface area contributed by atoms with Gasteiger partial charge in [0.1, 0.15) is 0 Å². The summed E-state index contributed by atoms with van der Waals surface area (Å²) in [5, 5.41) is 9.21. The molecule has 0 saturated carbocycles. The minimum absolute atomic E-state index is 0.0459. The van der Waals surface area contributed by atoms with Crippen LogP contribution in [-0.2, 0) is 6.54 Å². The molecule has 0 saturated heterocycles. The standard InChI is InChI=1S/C14H12ClNO3S/c15-12-5-4-10(9-11(12)14(18)19)20-8-7-16-6-2-1-3-13(16)17/h1-6,9H,7-8H2,(H,18,19). The van der Waals surface area contributed by atoms with Gasteiger partial charge in [0, 0.05) is 29.5 Å². The predicted molar refractivity (Wildman–Crippen MR) is 79.8 cm³/mol. The number of nitrogens with zero attached hydrogens (tertiary/aromatic N) is 1. The van der Waals surface area contributed by atoms with Crippen LogP contribution >= 0.6 is 23.4 Å². The van der Waals surface area contributed by atoms with Crippen LogP contribution in [0.5, 0.6) is 0 Å². The maximum Gasteiger partial charge on any atom is 0.337 e. The molecule has 0 aliphatic carbocycles. The number of aromatic carboxylic acids is 1. The summed E-state index contributed by atoms with van der Waals surface area (Å²) in [7, 11) is 0. The lowest BCUT2D eigenvalue weighted by Gasteiger charge is -2.06. The number of aromatic nitrogens is 1. The lowest BCUT2D eigenvalue weighted by molar-refractivity contribution is 0.0697. The van der Waals surface area contributed by atoms with Crippen molar-refractivity contribution in [1.29, 1.82) is 0 Å². The van der Waals surface area contributed by atoms with Crippen LogP contribution in [0.15, 0.2) is 52.3 Å². The maximum atomic E-state index is 11.5. The van der Waals surface area contributed by atoms with E-state index in [4.69, 9.17) is 16.7 Å². The Kier molecular flexibility index (Phi) is 4.87. The summed E-state index contributed by atoms with van der Waals surface area (Å²) in [6.07, 6.45) is 1.73. The number of carboxylic acid groups (broad SMARTS) is 1. The number of hydrogen-bond acceptors (Lipinski definition) is 3. The van der Waals surface area contributed by atoms with E-state index in [0.29, 0.717) is 12.3 Å². The molecule has 104 valence electrons.